The van der Waals surface area contributed by atoms with Gasteiger partial charge in [0, 0.05) is 26.3 Å². The summed E-state index contributed by atoms with van der Waals surface area (Å²) >= 11 is 0. The van der Waals surface area contributed by atoms with Crippen LogP contribution in [0.5, 0.6) is 0 Å². The van der Waals surface area contributed by atoms with E-state index in [9.17, 15) is 4.79 Å². The van der Waals surface area contributed by atoms with Crippen LogP contribution in [0.4, 0.5) is 0 Å². The third-order valence-electron chi connectivity index (χ3n) is 3.43. The van der Waals surface area contributed by atoms with Crippen molar-refractivity contribution in [3.63, 3.8) is 0 Å². The fraction of sp³-hybridized carbons (Fsp3) is 0.667. The van der Waals surface area contributed by atoms with Crippen LogP contribution in [0.3, 0.4) is 0 Å². The van der Waals surface area contributed by atoms with Gasteiger partial charge in [0.25, 0.3) is 5.91 Å². The molecule has 1 fully saturated rings. The molecule has 2 heterocycles. The second-order valence-electron chi connectivity index (χ2n) is 4.63. The highest BCUT2D eigenvalue weighted by Gasteiger charge is 2.24. The molecule has 1 aliphatic heterocycles. The number of aromatic nitrogens is 2. The van der Waals surface area contributed by atoms with E-state index in [1.165, 1.54) is 0 Å². The van der Waals surface area contributed by atoms with E-state index in [4.69, 9.17) is 0 Å². The molecule has 0 atom stereocenters. The quantitative estimate of drug-likeness (QED) is 0.831. The van der Waals surface area contributed by atoms with Gasteiger partial charge < -0.3 is 10.2 Å². The van der Waals surface area contributed by atoms with E-state index in [2.05, 4.69) is 10.4 Å². The van der Waals surface area contributed by atoms with Crippen molar-refractivity contribution < 1.29 is 4.79 Å². The van der Waals surface area contributed by atoms with Crippen molar-refractivity contribution in [2.75, 3.05) is 26.7 Å². The number of piperidine rings is 1. The predicted octanol–water partition coefficient (Wildman–Crippen LogP) is 0.492. The monoisotopic (exact) mass is 236 g/mol. The summed E-state index contributed by atoms with van der Waals surface area (Å²) in [5, 5.41) is 7.24. The number of carbonyl (C=O) groups excluding carboxylic acids is 1. The first-order valence-electron chi connectivity index (χ1n) is 6.14. The molecule has 0 unspecified atom stereocenters. The maximum Gasteiger partial charge on any atom is 0.272 e. The van der Waals surface area contributed by atoms with Gasteiger partial charge in [-0.3, -0.25) is 9.48 Å². The van der Waals surface area contributed by atoms with Gasteiger partial charge in [-0.25, -0.2) is 0 Å². The summed E-state index contributed by atoms with van der Waals surface area (Å²) in [5.41, 5.74) is 0.678. The summed E-state index contributed by atoms with van der Waals surface area (Å²) in [4.78, 5) is 14.1. The minimum absolute atomic E-state index is 0.105. The Morgan fingerprint density at radius 1 is 1.53 bits per heavy atom. The first kappa shape index (κ1) is 12.1. The highest BCUT2D eigenvalue weighted by molar-refractivity contribution is 5.92. The second-order valence-corrected chi connectivity index (χ2v) is 4.63. The highest BCUT2D eigenvalue weighted by atomic mass is 16.2. The average Bonchev–Trinajstić information content (AvgIpc) is 2.76. The number of nitrogens with zero attached hydrogens (tertiary/aromatic N) is 3. The van der Waals surface area contributed by atoms with Crippen LogP contribution in [0.2, 0.25) is 0 Å². The number of hydrogen-bond acceptors (Lipinski definition) is 3. The summed E-state index contributed by atoms with van der Waals surface area (Å²) in [6.45, 7) is 2.76. The largest absolute Gasteiger partial charge is 0.337 e. The zero-order chi connectivity index (χ0) is 12.3. The molecule has 5 nitrogen and oxygen atoms in total. The molecule has 1 aliphatic rings. The summed E-state index contributed by atoms with van der Waals surface area (Å²) in [5.74, 6) is 0.809. The lowest BCUT2D eigenvalue weighted by Crippen LogP contribution is -2.41. The van der Waals surface area contributed by atoms with Gasteiger partial charge >= 0.3 is 0 Å². The van der Waals surface area contributed by atoms with E-state index in [-0.39, 0.29) is 5.91 Å². The van der Waals surface area contributed by atoms with E-state index < -0.39 is 0 Å². The maximum absolute atomic E-state index is 12.2. The SMILES string of the molecule is CNCC1CCN(C(=O)c2ccnn2C)CC1. The molecule has 5 heteroatoms. The van der Waals surface area contributed by atoms with Crippen LogP contribution in [0, 0.1) is 5.92 Å². The fourth-order valence-electron chi connectivity index (χ4n) is 2.37. The molecule has 1 saturated heterocycles. The lowest BCUT2D eigenvalue weighted by molar-refractivity contribution is 0.0680. The Kier molecular flexibility index (Phi) is 3.78. The van der Waals surface area contributed by atoms with E-state index in [0.717, 1.165) is 32.5 Å². The Labute approximate surface area is 102 Å². The van der Waals surface area contributed by atoms with Crippen molar-refractivity contribution in [1.29, 1.82) is 0 Å². The highest BCUT2D eigenvalue weighted by Crippen LogP contribution is 2.18. The average molecular weight is 236 g/mol. The number of amides is 1. The lowest BCUT2D eigenvalue weighted by Gasteiger charge is -2.31. The maximum atomic E-state index is 12.2. The minimum atomic E-state index is 0.105. The number of carbonyl (C=O) groups is 1. The van der Waals surface area contributed by atoms with Crippen molar-refractivity contribution in [3.8, 4) is 0 Å². The zero-order valence-corrected chi connectivity index (χ0v) is 10.5. The molecule has 0 radical (unpaired) electrons. The van der Waals surface area contributed by atoms with Crippen LogP contribution < -0.4 is 5.32 Å². The third-order valence-corrected chi connectivity index (χ3v) is 3.43. The van der Waals surface area contributed by atoms with Crippen LogP contribution in [0.15, 0.2) is 12.3 Å². The molecule has 17 heavy (non-hydrogen) atoms. The Bertz CT molecular complexity index is 380. The van der Waals surface area contributed by atoms with Crippen molar-refractivity contribution in [2.24, 2.45) is 13.0 Å². The van der Waals surface area contributed by atoms with Crippen molar-refractivity contribution in [2.45, 2.75) is 12.8 Å². The lowest BCUT2D eigenvalue weighted by atomic mass is 9.96. The van der Waals surface area contributed by atoms with Gasteiger partial charge in [0.2, 0.25) is 0 Å². The number of likely N-dealkylation sites (tertiary alicyclic amines) is 1. The van der Waals surface area contributed by atoms with Crippen molar-refractivity contribution in [1.82, 2.24) is 20.0 Å². The van der Waals surface area contributed by atoms with Crippen LogP contribution in [-0.2, 0) is 7.05 Å². The standard InChI is InChI=1S/C12H20N4O/c1-13-9-10-4-7-16(8-5-10)12(17)11-3-6-14-15(11)2/h3,6,10,13H,4-5,7-9H2,1-2H3. The van der Waals surface area contributed by atoms with Crippen molar-refractivity contribution in [3.05, 3.63) is 18.0 Å². The van der Waals surface area contributed by atoms with E-state index in [1.807, 2.05) is 11.9 Å². The van der Waals surface area contributed by atoms with Gasteiger partial charge in [-0.1, -0.05) is 0 Å². The fourth-order valence-corrected chi connectivity index (χ4v) is 2.37. The third kappa shape index (κ3) is 2.66. The topological polar surface area (TPSA) is 50.2 Å². The summed E-state index contributed by atoms with van der Waals surface area (Å²) in [7, 11) is 3.79. The molecule has 0 spiro atoms. The van der Waals surface area contributed by atoms with Gasteiger partial charge in [0.15, 0.2) is 0 Å². The van der Waals surface area contributed by atoms with E-state index in [1.54, 1.807) is 24.0 Å². The molecule has 0 bridgehead atoms. The molecule has 1 N–H and O–H groups in total. The normalized spacial score (nSPS) is 17.4. The smallest absolute Gasteiger partial charge is 0.272 e. The molecule has 1 aromatic rings. The molecule has 94 valence electrons. The molecule has 0 aromatic carbocycles. The van der Waals surface area contributed by atoms with Gasteiger partial charge in [-0.15, -0.1) is 0 Å². The summed E-state index contributed by atoms with van der Waals surface area (Å²) in [6, 6.07) is 1.78. The Balaban J connectivity index is 1.93. The molecule has 0 aliphatic carbocycles. The predicted molar refractivity (Wildman–Crippen MR) is 65.8 cm³/mol. The number of rotatable bonds is 3. The summed E-state index contributed by atoms with van der Waals surface area (Å²) in [6.07, 6.45) is 3.84. The molecule has 1 amide bonds. The van der Waals surface area contributed by atoms with Gasteiger partial charge in [-0.2, -0.15) is 5.10 Å². The summed E-state index contributed by atoms with van der Waals surface area (Å²) < 4.78 is 1.64. The van der Waals surface area contributed by atoms with Crippen LogP contribution in [-0.4, -0.2) is 47.3 Å². The van der Waals surface area contributed by atoms with Gasteiger partial charge in [-0.05, 0) is 38.4 Å². The minimum Gasteiger partial charge on any atom is -0.337 e. The Morgan fingerprint density at radius 2 is 2.24 bits per heavy atom. The number of nitrogens with one attached hydrogen (secondary N) is 1. The second kappa shape index (κ2) is 5.31. The molecule has 1 aromatic heterocycles. The van der Waals surface area contributed by atoms with Gasteiger partial charge in [0.1, 0.15) is 5.69 Å². The number of aryl methyl sites for hydroxylation is 1. The van der Waals surface area contributed by atoms with Crippen LogP contribution in [0.25, 0.3) is 0 Å². The van der Waals surface area contributed by atoms with Crippen LogP contribution >= 0.6 is 0 Å². The van der Waals surface area contributed by atoms with Crippen molar-refractivity contribution >= 4 is 5.91 Å². The van der Waals surface area contributed by atoms with E-state index in [0.29, 0.717) is 11.6 Å². The first-order valence-corrected chi connectivity index (χ1v) is 6.14. The Morgan fingerprint density at radius 3 is 2.76 bits per heavy atom. The van der Waals surface area contributed by atoms with E-state index >= 15 is 0 Å². The molecule has 2 rings (SSSR count). The molecular weight excluding hydrogens is 216 g/mol. The first-order chi connectivity index (χ1) is 8.22. The Hall–Kier alpha value is -1.36. The molecular formula is C12H20N4O. The number of hydrogen-bond donors (Lipinski definition) is 1. The van der Waals surface area contributed by atoms with Crippen LogP contribution in [0.1, 0.15) is 23.3 Å². The molecule has 0 saturated carbocycles. The zero-order valence-electron chi connectivity index (χ0n) is 10.5. The van der Waals surface area contributed by atoms with Gasteiger partial charge in [0.05, 0.1) is 0 Å².